The highest BCUT2D eigenvalue weighted by Gasteiger charge is 2.26. The second-order valence-corrected chi connectivity index (χ2v) is 7.96. The first-order valence-electron chi connectivity index (χ1n) is 9.78. The van der Waals surface area contributed by atoms with Crippen molar-refractivity contribution in [1.29, 1.82) is 0 Å². The molecule has 2 rings (SSSR count). The number of nitrogens with zero attached hydrogens (tertiary/aromatic N) is 1. The van der Waals surface area contributed by atoms with E-state index in [0.717, 1.165) is 11.1 Å². The first kappa shape index (κ1) is 22.8. The standard InChI is InChI=1S/C23H29ClN2O3/c1-16(2)13-25-23(28)18(4)26(14-19-9-7-10-20(24)12-19)22(27)15-29-21-11-6-5-8-17(21)3/h5-12,16,18H,13-15H2,1-4H3,(H,25,28)/t18-/m1/s1. The van der Waals surface area contributed by atoms with Crippen LogP contribution in [0.3, 0.4) is 0 Å². The highest BCUT2D eigenvalue weighted by molar-refractivity contribution is 6.30. The van der Waals surface area contributed by atoms with Gasteiger partial charge in [0.15, 0.2) is 6.61 Å². The maximum Gasteiger partial charge on any atom is 0.261 e. The quantitative estimate of drug-likeness (QED) is 0.665. The molecule has 1 atom stereocenters. The lowest BCUT2D eigenvalue weighted by Gasteiger charge is -2.29. The molecule has 5 nitrogen and oxygen atoms in total. The Hall–Kier alpha value is -2.53. The number of hydrogen-bond donors (Lipinski definition) is 1. The SMILES string of the molecule is Cc1ccccc1OCC(=O)N(Cc1cccc(Cl)c1)[C@H](C)C(=O)NCC(C)C. The zero-order valence-electron chi connectivity index (χ0n) is 17.4. The molecule has 0 radical (unpaired) electrons. The third-order valence-electron chi connectivity index (χ3n) is 4.54. The zero-order chi connectivity index (χ0) is 21.4. The highest BCUT2D eigenvalue weighted by atomic mass is 35.5. The Kier molecular flexibility index (Phi) is 8.52. The molecule has 29 heavy (non-hydrogen) atoms. The van der Waals surface area contributed by atoms with Crippen molar-refractivity contribution in [3.05, 3.63) is 64.7 Å². The molecule has 6 heteroatoms. The van der Waals surface area contributed by atoms with E-state index in [9.17, 15) is 9.59 Å². The molecule has 2 aromatic carbocycles. The van der Waals surface area contributed by atoms with Crippen molar-refractivity contribution < 1.29 is 14.3 Å². The van der Waals surface area contributed by atoms with Crippen molar-refractivity contribution >= 4 is 23.4 Å². The number of carbonyl (C=O) groups excluding carboxylic acids is 2. The van der Waals surface area contributed by atoms with Crippen LogP contribution in [0.2, 0.25) is 5.02 Å². The molecule has 2 aromatic rings. The Morgan fingerprint density at radius 3 is 2.48 bits per heavy atom. The minimum Gasteiger partial charge on any atom is -0.484 e. The lowest BCUT2D eigenvalue weighted by atomic mass is 10.1. The molecular formula is C23H29ClN2O3. The molecular weight excluding hydrogens is 388 g/mol. The Balaban J connectivity index is 2.14. The number of para-hydroxylation sites is 1. The first-order chi connectivity index (χ1) is 13.8. The number of aryl methyl sites for hydroxylation is 1. The molecule has 2 amide bonds. The number of nitrogens with one attached hydrogen (secondary N) is 1. The molecule has 0 aliphatic heterocycles. The summed E-state index contributed by atoms with van der Waals surface area (Å²) in [6.45, 7) is 8.38. The third-order valence-corrected chi connectivity index (χ3v) is 4.77. The molecule has 0 saturated heterocycles. The van der Waals surface area contributed by atoms with Gasteiger partial charge in [0.25, 0.3) is 5.91 Å². The lowest BCUT2D eigenvalue weighted by molar-refractivity contribution is -0.142. The monoisotopic (exact) mass is 416 g/mol. The van der Waals surface area contributed by atoms with Gasteiger partial charge in [0.05, 0.1) is 0 Å². The number of carbonyl (C=O) groups is 2. The Morgan fingerprint density at radius 1 is 1.10 bits per heavy atom. The number of hydrogen-bond acceptors (Lipinski definition) is 3. The summed E-state index contributed by atoms with van der Waals surface area (Å²) in [4.78, 5) is 27.1. The Bertz CT molecular complexity index is 838. The maximum atomic E-state index is 13.0. The van der Waals surface area contributed by atoms with Gasteiger partial charge >= 0.3 is 0 Å². The van der Waals surface area contributed by atoms with Crippen LogP contribution in [0.1, 0.15) is 31.9 Å². The zero-order valence-corrected chi connectivity index (χ0v) is 18.2. The number of rotatable bonds is 9. The molecule has 0 fully saturated rings. The van der Waals surface area contributed by atoms with Gasteiger partial charge in [-0.1, -0.05) is 55.8 Å². The molecule has 156 valence electrons. The van der Waals surface area contributed by atoms with Gasteiger partial charge in [-0.3, -0.25) is 9.59 Å². The van der Waals surface area contributed by atoms with Crippen molar-refractivity contribution in [2.24, 2.45) is 5.92 Å². The Morgan fingerprint density at radius 2 is 1.83 bits per heavy atom. The largest absolute Gasteiger partial charge is 0.484 e. The number of halogens is 1. The van der Waals surface area contributed by atoms with Crippen molar-refractivity contribution in [2.75, 3.05) is 13.2 Å². The summed E-state index contributed by atoms with van der Waals surface area (Å²) in [5.41, 5.74) is 1.80. The van der Waals surface area contributed by atoms with Gasteiger partial charge < -0.3 is 15.0 Å². The van der Waals surface area contributed by atoms with Crippen molar-refractivity contribution in [3.8, 4) is 5.75 Å². The molecule has 0 heterocycles. The summed E-state index contributed by atoms with van der Waals surface area (Å²) in [5.74, 6) is 0.526. The van der Waals surface area contributed by atoms with E-state index >= 15 is 0 Å². The molecule has 0 aromatic heterocycles. The summed E-state index contributed by atoms with van der Waals surface area (Å²) in [6, 6.07) is 14.2. The summed E-state index contributed by atoms with van der Waals surface area (Å²) >= 11 is 6.09. The lowest BCUT2D eigenvalue weighted by Crippen LogP contribution is -2.49. The molecule has 0 aliphatic carbocycles. The predicted molar refractivity (Wildman–Crippen MR) is 116 cm³/mol. The number of ether oxygens (including phenoxy) is 1. The van der Waals surface area contributed by atoms with Gasteiger partial charge in [-0.2, -0.15) is 0 Å². The van der Waals surface area contributed by atoms with Crippen LogP contribution in [0.25, 0.3) is 0 Å². The third kappa shape index (κ3) is 7.09. The average Bonchev–Trinajstić information content (AvgIpc) is 2.69. The minimum absolute atomic E-state index is 0.146. The first-order valence-corrected chi connectivity index (χ1v) is 10.2. The minimum atomic E-state index is -0.638. The maximum absolute atomic E-state index is 13.0. The van der Waals surface area contributed by atoms with E-state index in [1.807, 2.05) is 57.2 Å². The summed E-state index contributed by atoms with van der Waals surface area (Å²) in [5, 5.41) is 3.48. The fraction of sp³-hybridized carbons (Fsp3) is 0.391. The topological polar surface area (TPSA) is 58.6 Å². The van der Waals surface area contributed by atoms with Crippen LogP contribution >= 0.6 is 11.6 Å². The number of benzene rings is 2. The molecule has 0 spiro atoms. The predicted octanol–water partition coefficient (Wildman–Crippen LogP) is 4.22. The van der Waals surface area contributed by atoms with Crippen molar-refractivity contribution in [1.82, 2.24) is 10.2 Å². The van der Waals surface area contributed by atoms with Crippen LogP contribution in [0.4, 0.5) is 0 Å². The van der Waals surface area contributed by atoms with Crippen LogP contribution in [0.15, 0.2) is 48.5 Å². The van der Waals surface area contributed by atoms with Crippen LogP contribution < -0.4 is 10.1 Å². The van der Waals surface area contributed by atoms with Gasteiger partial charge in [-0.05, 0) is 49.1 Å². The van der Waals surface area contributed by atoms with Crippen LogP contribution in [-0.4, -0.2) is 35.9 Å². The summed E-state index contributed by atoms with van der Waals surface area (Å²) in [6.07, 6.45) is 0. The molecule has 0 saturated carbocycles. The summed E-state index contributed by atoms with van der Waals surface area (Å²) < 4.78 is 5.72. The van der Waals surface area contributed by atoms with E-state index in [4.69, 9.17) is 16.3 Å². The second kappa shape index (κ2) is 10.9. The van der Waals surface area contributed by atoms with Crippen LogP contribution in [0.5, 0.6) is 5.75 Å². The van der Waals surface area contributed by atoms with Gasteiger partial charge in [-0.15, -0.1) is 0 Å². The van der Waals surface area contributed by atoms with Crippen molar-refractivity contribution in [2.45, 2.75) is 40.3 Å². The van der Waals surface area contributed by atoms with Gasteiger partial charge in [0, 0.05) is 18.1 Å². The van der Waals surface area contributed by atoms with Gasteiger partial charge in [0.1, 0.15) is 11.8 Å². The smallest absolute Gasteiger partial charge is 0.261 e. The fourth-order valence-corrected chi connectivity index (χ4v) is 3.02. The van der Waals surface area contributed by atoms with Crippen molar-refractivity contribution in [3.63, 3.8) is 0 Å². The fourth-order valence-electron chi connectivity index (χ4n) is 2.81. The van der Waals surface area contributed by atoms with E-state index in [1.165, 1.54) is 4.90 Å². The van der Waals surface area contributed by atoms with E-state index < -0.39 is 6.04 Å². The molecule has 1 N–H and O–H groups in total. The van der Waals surface area contributed by atoms with Gasteiger partial charge in [0.2, 0.25) is 5.91 Å². The van der Waals surface area contributed by atoms with Crippen LogP contribution in [0, 0.1) is 12.8 Å². The van der Waals surface area contributed by atoms with E-state index in [2.05, 4.69) is 5.32 Å². The number of amides is 2. The molecule has 0 unspecified atom stereocenters. The van der Waals surface area contributed by atoms with Crippen LogP contribution in [-0.2, 0) is 16.1 Å². The van der Waals surface area contributed by atoms with E-state index in [0.29, 0.717) is 23.2 Å². The normalized spacial score (nSPS) is 11.8. The molecule has 0 aliphatic rings. The van der Waals surface area contributed by atoms with E-state index in [1.54, 1.807) is 19.1 Å². The average molecular weight is 417 g/mol. The summed E-state index contributed by atoms with van der Waals surface area (Å²) in [7, 11) is 0. The van der Waals surface area contributed by atoms with Gasteiger partial charge in [-0.25, -0.2) is 0 Å². The highest BCUT2D eigenvalue weighted by Crippen LogP contribution is 2.18. The second-order valence-electron chi connectivity index (χ2n) is 7.52. The van der Waals surface area contributed by atoms with E-state index in [-0.39, 0.29) is 25.0 Å². The Labute approximate surface area is 178 Å². The molecule has 0 bridgehead atoms.